The van der Waals surface area contributed by atoms with E-state index in [1.165, 1.54) is 5.56 Å². The van der Waals surface area contributed by atoms with Crippen molar-refractivity contribution in [2.45, 2.75) is 25.3 Å². The van der Waals surface area contributed by atoms with Gasteiger partial charge in [0.15, 0.2) is 0 Å². The van der Waals surface area contributed by atoms with Crippen LogP contribution in [-0.4, -0.2) is 5.54 Å². The first kappa shape index (κ1) is 14.4. The molecule has 0 saturated heterocycles. The lowest BCUT2D eigenvalue weighted by molar-refractivity contribution is 0.463. The Morgan fingerprint density at radius 2 is 1.63 bits per heavy atom. The molecule has 3 heteroatoms. The first-order chi connectivity index (χ1) is 8.98. The molecular formula is C16H17Cl2N. The lowest BCUT2D eigenvalue weighted by atomic mass is 9.87. The molecule has 0 aliphatic carbocycles. The summed E-state index contributed by atoms with van der Waals surface area (Å²) >= 11 is 12.2. The van der Waals surface area contributed by atoms with Crippen molar-refractivity contribution < 1.29 is 0 Å². The van der Waals surface area contributed by atoms with Crippen molar-refractivity contribution in [3.8, 4) is 0 Å². The fraction of sp³-hybridized carbons (Fsp3) is 0.250. The molecule has 0 spiro atoms. The minimum absolute atomic E-state index is 0.352. The molecule has 0 aliphatic rings. The normalized spacial score (nSPS) is 14.1. The predicted molar refractivity (Wildman–Crippen MR) is 82.9 cm³/mol. The van der Waals surface area contributed by atoms with E-state index in [4.69, 9.17) is 28.9 Å². The SMILES string of the molecule is CC(N)(Cc1ccccc1)Cc1cccc(Cl)c1Cl. The molecule has 2 rings (SSSR count). The number of halogens is 2. The topological polar surface area (TPSA) is 26.0 Å². The minimum Gasteiger partial charge on any atom is -0.325 e. The van der Waals surface area contributed by atoms with Crippen molar-refractivity contribution in [1.82, 2.24) is 0 Å². The monoisotopic (exact) mass is 293 g/mol. The summed E-state index contributed by atoms with van der Waals surface area (Å²) < 4.78 is 0. The summed E-state index contributed by atoms with van der Waals surface area (Å²) in [5, 5.41) is 1.18. The van der Waals surface area contributed by atoms with E-state index in [0.717, 1.165) is 12.0 Å². The maximum absolute atomic E-state index is 6.40. The summed E-state index contributed by atoms with van der Waals surface area (Å²) in [5.41, 5.74) is 8.27. The molecule has 2 aromatic carbocycles. The van der Waals surface area contributed by atoms with Crippen LogP contribution in [0.3, 0.4) is 0 Å². The average Bonchev–Trinajstić information content (AvgIpc) is 2.35. The van der Waals surface area contributed by atoms with Crippen LogP contribution >= 0.6 is 23.2 Å². The second kappa shape index (κ2) is 5.96. The van der Waals surface area contributed by atoms with Gasteiger partial charge in [0.2, 0.25) is 0 Å². The number of hydrogen-bond acceptors (Lipinski definition) is 1. The molecule has 2 N–H and O–H groups in total. The second-order valence-corrected chi connectivity index (χ2v) is 5.99. The molecule has 2 aromatic rings. The highest BCUT2D eigenvalue weighted by molar-refractivity contribution is 6.42. The van der Waals surface area contributed by atoms with Gasteiger partial charge < -0.3 is 5.73 Å². The third kappa shape index (κ3) is 3.97. The van der Waals surface area contributed by atoms with Gasteiger partial charge in [0, 0.05) is 5.54 Å². The van der Waals surface area contributed by atoms with Gasteiger partial charge in [-0.3, -0.25) is 0 Å². The summed E-state index contributed by atoms with van der Waals surface area (Å²) in [6.07, 6.45) is 1.50. The molecular weight excluding hydrogens is 277 g/mol. The van der Waals surface area contributed by atoms with E-state index in [1.807, 2.05) is 37.3 Å². The standard InChI is InChI=1S/C16H17Cl2N/c1-16(19,10-12-6-3-2-4-7-12)11-13-8-5-9-14(17)15(13)18/h2-9H,10-11,19H2,1H3. The molecule has 100 valence electrons. The number of nitrogens with two attached hydrogens (primary N) is 1. The van der Waals surface area contributed by atoms with Crippen molar-refractivity contribution in [2.75, 3.05) is 0 Å². The zero-order chi connectivity index (χ0) is 13.9. The van der Waals surface area contributed by atoms with Gasteiger partial charge >= 0.3 is 0 Å². The smallest absolute Gasteiger partial charge is 0.0624 e. The minimum atomic E-state index is -0.352. The Kier molecular flexibility index (Phi) is 4.51. The van der Waals surface area contributed by atoms with Crippen molar-refractivity contribution >= 4 is 23.2 Å². The lowest BCUT2D eigenvalue weighted by Gasteiger charge is -2.25. The fourth-order valence-electron chi connectivity index (χ4n) is 2.24. The highest BCUT2D eigenvalue weighted by Crippen LogP contribution is 2.28. The average molecular weight is 294 g/mol. The van der Waals surface area contributed by atoms with Crippen LogP contribution in [0, 0.1) is 0 Å². The fourth-order valence-corrected chi connectivity index (χ4v) is 2.63. The van der Waals surface area contributed by atoms with Gasteiger partial charge in [0.1, 0.15) is 0 Å². The number of hydrogen-bond donors (Lipinski definition) is 1. The van der Waals surface area contributed by atoms with Crippen molar-refractivity contribution in [3.63, 3.8) is 0 Å². The molecule has 1 atom stereocenters. The number of rotatable bonds is 4. The van der Waals surface area contributed by atoms with Crippen molar-refractivity contribution in [2.24, 2.45) is 5.73 Å². The lowest BCUT2D eigenvalue weighted by Crippen LogP contribution is -2.41. The van der Waals surface area contributed by atoms with Gasteiger partial charge in [-0.1, -0.05) is 65.7 Å². The van der Waals surface area contributed by atoms with Crippen LogP contribution in [0.5, 0.6) is 0 Å². The van der Waals surface area contributed by atoms with Crippen LogP contribution in [0.15, 0.2) is 48.5 Å². The summed E-state index contributed by atoms with van der Waals surface area (Å²) in [5.74, 6) is 0. The third-order valence-electron chi connectivity index (χ3n) is 3.08. The molecule has 0 heterocycles. The molecule has 0 saturated carbocycles. The van der Waals surface area contributed by atoms with Crippen LogP contribution in [0.25, 0.3) is 0 Å². The zero-order valence-electron chi connectivity index (χ0n) is 10.9. The zero-order valence-corrected chi connectivity index (χ0v) is 12.4. The quantitative estimate of drug-likeness (QED) is 0.883. The Labute approximate surface area is 124 Å². The maximum atomic E-state index is 6.40. The Hall–Kier alpha value is -1.02. The van der Waals surface area contributed by atoms with Crippen LogP contribution in [0.4, 0.5) is 0 Å². The highest BCUT2D eigenvalue weighted by atomic mass is 35.5. The Morgan fingerprint density at radius 3 is 2.32 bits per heavy atom. The van der Waals surface area contributed by atoms with E-state index >= 15 is 0 Å². The molecule has 1 unspecified atom stereocenters. The third-order valence-corrected chi connectivity index (χ3v) is 3.93. The predicted octanol–water partition coefficient (Wildman–Crippen LogP) is 4.50. The van der Waals surface area contributed by atoms with E-state index in [-0.39, 0.29) is 5.54 Å². The number of benzene rings is 2. The second-order valence-electron chi connectivity index (χ2n) is 5.21. The Balaban J connectivity index is 2.15. The van der Waals surface area contributed by atoms with Gasteiger partial charge in [-0.15, -0.1) is 0 Å². The molecule has 0 aromatic heterocycles. The Morgan fingerprint density at radius 1 is 0.947 bits per heavy atom. The summed E-state index contributed by atoms with van der Waals surface area (Å²) in [6.45, 7) is 2.04. The molecule has 0 radical (unpaired) electrons. The van der Waals surface area contributed by atoms with E-state index in [9.17, 15) is 0 Å². The Bertz CT molecular complexity index is 550. The van der Waals surface area contributed by atoms with Gasteiger partial charge in [-0.05, 0) is 37.0 Å². The summed E-state index contributed by atoms with van der Waals surface area (Å²) in [4.78, 5) is 0. The van der Waals surface area contributed by atoms with E-state index in [1.54, 1.807) is 6.07 Å². The van der Waals surface area contributed by atoms with Crippen molar-refractivity contribution in [3.05, 3.63) is 69.7 Å². The molecule has 0 bridgehead atoms. The van der Waals surface area contributed by atoms with Crippen LogP contribution in [0.1, 0.15) is 18.1 Å². The largest absolute Gasteiger partial charge is 0.325 e. The van der Waals surface area contributed by atoms with Crippen LogP contribution in [0.2, 0.25) is 10.0 Å². The van der Waals surface area contributed by atoms with E-state index in [0.29, 0.717) is 16.5 Å². The van der Waals surface area contributed by atoms with Crippen LogP contribution < -0.4 is 5.73 Å². The molecule has 0 amide bonds. The molecule has 0 fully saturated rings. The van der Waals surface area contributed by atoms with Gasteiger partial charge in [-0.2, -0.15) is 0 Å². The van der Waals surface area contributed by atoms with E-state index < -0.39 is 0 Å². The van der Waals surface area contributed by atoms with Gasteiger partial charge in [-0.25, -0.2) is 0 Å². The molecule has 19 heavy (non-hydrogen) atoms. The molecule has 0 aliphatic heterocycles. The van der Waals surface area contributed by atoms with Crippen molar-refractivity contribution in [1.29, 1.82) is 0 Å². The van der Waals surface area contributed by atoms with Gasteiger partial charge in [0.05, 0.1) is 10.0 Å². The first-order valence-corrected chi connectivity index (χ1v) is 6.99. The molecule has 1 nitrogen and oxygen atoms in total. The maximum Gasteiger partial charge on any atom is 0.0624 e. The highest BCUT2D eigenvalue weighted by Gasteiger charge is 2.21. The van der Waals surface area contributed by atoms with Crippen LogP contribution in [-0.2, 0) is 12.8 Å². The first-order valence-electron chi connectivity index (χ1n) is 6.24. The summed E-state index contributed by atoms with van der Waals surface area (Å²) in [7, 11) is 0. The van der Waals surface area contributed by atoms with Gasteiger partial charge in [0.25, 0.3) is 0 Å². The summed E-state index contributed by atoms with van der Waals surface area (Å²) in [6, 6.07) is 15.9. The van der Waals surface area contributed by atoms with E-state index in [2.05, 4.69) is 12.1 Å².